The summed E-state index contributed by atoms with van der Waals surface area (Å²) in [6.07, 6.45) is 0. The standard InChI is InChI=1S/Hg.K.H2O4S.H/c;;1-5(2,3)4;/h;;(H2,1,2,3,4);/q;+1;;-1. The molecule has 0 saturated carbocycles. The van der Waals surface area contributed by atoms with Gasteiger partial charge in [-0.15, -0.1) is 0 Å². The summed E-state index contributed by atoms with van der Waals surface area (Å²) >= 11 is 0. The van der Waals surface area contributed by atoms with Crippen LogP contribution in [0.5, 0.6) is 0 Å². The molecule has 0 aliphatic heterocycles. The fourth-order valence-corrected chi connectivity index (χ4v) is 0. The summed E-state index contributed by atoms with van der Waals surface area (Å²) in [5.74, 6) is 0. The van der Waals surface area contributed by atoms with Gasteiger partial charge in [-0.3, -0.25) is 9.11 Å². The Morgan fingerprint density at radius 2 is 1.29 bits per heavy atom. The van der Waals surface area contributed by atoms with Crippen molar-refractivity contribution in [1.82, 2.24) is 0 Å². The molecule has 0 heterocycles. The molecular weight excluding hydrogens is 336 g/mol. The molecule has 36 valence electrons. The van der Waals surface area contributed by atoms with Crippen LogP contribution < -0.4 is 51.4 Å². The maximum Gasteiger partial charge on any atom is 1.00 e. The van der Waals surface area contributed by atoms with Crippen molar-refractivity contribution in [3.8, 4) is 0 Å². The van der Waals surface area contributed by atoms with Gasteiger partial charge in [-0.25, -0.2) is 0 Å². The molecule has 2 N–H and O–H groups in total. The molecule has 0 atom stereocenters. The summed E-state index contributed by atoms with van der Waals surface area (Å²) in [5.41, 5.74) is 0. The monoisotopic (exact) mass is 340 g/mol. The normalized spacial score (nSPS) is 8.29. The average molecular weight is 339 g/mol. The van der Waals surface area contributed by atoms with Crippen LogP contribution in [0, 0.1) is 0 Å². The third-order valence-corrected chi connectivity index (χ3v) is 0. The van der Waals surface area contributed by atoms with Crippen LogP contribution in [0.4, 0.5) is 0 Å². The molecule has 0 aliphatic carbocycles. The number of rotatable bonds is 0. The SMILES string of the molecule is O=S(=O)(O)O.[H-].[Hg].[K+]. The fourth-order valence-electron chi connectivity index (χ4n) is 0. The Hall–Kier alpha value is 2.44. The van der Waals surface area contributed by atoms with Gasteiger partial charge in [0, 0.05) is 27.7 Å². The van der Waals surface area contributed by atoms with Crippen molar-refractivity contribution < 1.29 is 98.0 Å². The van der Waals surface area contributed by atoms with Crippen LogP contribution in [0.3, 0.4) is 0 Å². The second-order valence-electron chi connectivity index (χ2n) is 0.448. The summed E-state index contributed by atoms with van der Waals surface area (Å²) in [7, 11) is -4.67. The van der Waals surface area contributed by atoms with E-state index >= 15 is 0 Å². The zero-order valence-corrected chi connectivity index (χ0v) is 13.3. The zero-order chi connectivity index (χ0) is 4.50. The third-order valence-electron chi connectivity index (χ3n) is 0. The molecule has 4 nitrogen and oxygen atoms in total. The molecule has 0 bridgehead atoms. The van der Waals surface area contributed by atoms with E-state index in [9.17, 15) is 0 Å². The molecule has 0 radical (unpaired) electrons. The van der Waals surface area contributed by atoms with Gasteiger partial charge in [0.05, 0.1) is 0 Å². The first-order valence-corrected chi connectivity index (χ1v) is 2.10. The van der Waals surface area contributed by atoms with E-state index < -0.39 is 10.4 Å². The molecule has 0 fully saturated rings. The van der Waals surface area contributed by atoms with Gasteiger partial charge in [0.15, 0.2) is 0 Å². The van der Waals surface area contributed by atoms with Gasteiger partial charge in [-0.2, -0.15) is 8.42 Å². The van der Waals surface area contributed by atoms with Gasteiger partial charge in [0.25, 0.3) is 0 Å². The van der Waals surface area contributed by atoms with Crippen LogP contribution in [0.1, 0.15) is 1.43 Å². The van der Waals surface area contributed by atoms with Crippen molar-refractivity contribution in [1.29, 1.82) is 0 Å². The van der Waals surface area contributed by atoms with Gasteiger partial charge in [-0.05, 0) is 0 Å². The molecular formula is H3HgKO4S. The Morgan fingerprint density at radius 1 is 1.29 bits per heavy atom. The molecule has 0 spiro atoms. The third kappa shape index (κ3) is 58.8. The first kappa shape index (κ1) is 16.2. The molecule has 0 aromatic rings. The molecule has 0 rings (SSSR count). The summed E-state index contributed by atoms with van der Waals surface area (Å²) in [6, 6.07) is 0. The number of hydrogen-bond donors (Lipinski definition) is 2. The van der Waals surface area contributed by atoms with Crippen molar-refractivity contribution in [2.24, 2.45) is 0 Å². The van der Waals surface area contributed by atoms with Crippen LogP contribution in [0.25, 0.3) is 0 Å². The molecule has 0 saturated heterocycles. The maximum atomic E-state index is 8.74. The van der Waals surface area contributed by atoms with Gasteiger partial charge >= 0.3 is 61.8 Å². The topological polar surface area (TPSA) is 74.6 Å². The van der Waals surface area contributed by atoms with E-state index in [2.05, 4.69) is 0 Å². The van der Waals surface area contributed by atoms with Crippen molar-refractivity contribution in [2.45, 2.75) is 0 Å². The first-order chi connectivity index (χ1) is 2.00. The Kier molecular flexibility index (Phi) is 15.2. The molecule has 0 amide bonds. The minimum atomic E-state index is -4.67. The minimum absolute atomic E-state index is 0. The van der Waals surface area contributed by atoms with Gasteiger partial charge in [0.2, 0.25) is 0 Å². The predicted molar refractivity (Wildman–Crippen MR) is 15.3 cm³/mol. The van der Waals surface area contributed by atoms with E-state index in [0.29, 0.717) is 0 Å². The molecule has 0 aliphatic rings. The van der Waals surface area contributed by atoms with Crippen LogP contribution in [0.15, 0.2) is 0 Å². The second kappa shape index (κ2) is 6.56. The van der Waals surface area contributed by atoms with Gasteiger partial charge < -0.3 is 1.43 Å². The van der Waals surface area contributed by atoms with E-state index in [1.54, 1.807) is 0 Å². The van der Waals surface area contributed by atoms with Crippen molar-refractivity contribution in [3.63, 3.8) is 0 Å². The molecule has 7 heteroatoms. The predicted octanol–water partition coefficient (Wildman–Crippen LogP) is -3.54. The van der Waals surface area contributed by atoms with Crippen LogP contribution >= 0.6 is 0 Å². The smallest absolute Gasteiger partial charge is 1.00 e. The van der Waals surface area contributed by atoms with E-state index in [1.807, 2.05) is 0 Å². The summed E-state index contributed by atoms with van der Waals surface area (Å²) in [5, 5.41) is 0. The van der Waals surface area contributed by atoms with Crippen LogP contribution in [-0.4, -0.2) is 17.5 Å². The minimum Gasteiger partial charge on any atom is -1.00 e. The largest absolute Gasteiger partial charge is 1.00 e. The van der Waals surface area contributed by atoms with E-state index in [0.717, 1.165) is 0 Å². The van der Waals surface area contributed by atoms with E-state index in [-0.39, 0.29) is 80.5 Å². The second-order valence-corrected chi connectivity index (χ2v) is 1.34. The maximum absolute atomic E-state index is 8.74. The van der Waals surface area contributed by atoms with Crippen LogP contribution in [0.2, 0.25) is 0 Å². The van der Waals surface area contributed by atoms with Crippen molar-refractivity contribution in [3.05, 3.63) is 0 Å². The Balaban J connectivity index is -0.0000000267. The molecule has 7 heavy (non-hydrogen) atoms. The van der Waals surface area contributed by atoms with E-state index in [4.69, 9.17) is 17.5 Å². The zero-order valence-electron chi connectivity index (χ0n) is 4.83. The fraction of sp³-hybridized carbons (Fsp3) is 0. The quantitative estimate of drug-likeness (QED) is 0.354. The Labute approximate surface area is 106 Å². The van der Waals surface area contributed by atoms with Crippen LogP contribution in [-0.2, 0) is 38.1 Å². The van der Waals surface area contributed by atoms with E-state index in [1.165, 1.54) is 0 Å². The van der Waals surface area contributed by atoms with Gasteiger partial charge in [0.1, 0.15) is 0 Å². The summed E-state index contributed by atoms with van der Waals surface area (Å²) < 4.78 is 31.6. The van der Waals surface area contributed by atoms with Gasteiger partial charge in [-0.1, -0.05) is 0 Å². The molecule has 0 unspecified atom stereocenters. The van der Waals surface area contributed by atoms with Crippen molar-refractivity contribution >= 4 is 10.4 Å². The number of hydrogen-bond acceptors (Lipinski definition) is 2. The first-order valence-electron chi connectivity index (χ1n) is 0.698. The Morgan fingerprint density at radius 3 is 1.29 bits per heavy atom. The summed E-state index contributed by atoms with van der Waals surface area (Å²) in [6.45, 7) is 0. The average Bonchev–Trinajstić information content (AvgIpc) is 0.722. The molecule has 0 aromatic heterocycles. The molecule has 0 aromatic carbocycles. The van der Waals surface area contributed by atoms with Crippen molar-refractivity contribution in [2.75, 3.05) is 0 Å². The summed E-state index contributed by atoms with van der Waals surface area (Å²) in [4.78, 5) is 0. The Bertz CT molecular complexity index is 99.2.